The number of nitrogens with zero attached hydrogens (tertiary/aromatic N) is 3. The Morgan fingerprint density at radius 3 is 2.78 bits per heavy atom. The minimum Gasteiger partial charge on any atom is -0.450 e. The van der Waals surface area contributed by atoms with E-state index >= 15 is 0 Å². The summed E-state index contributed by atoms with van der Waals surface area (Å²) in [6.45, 7) is 2.55. The third kappa shape index (κ3) is 5.77. The van der Waals surface area contributed by atoms with Gasteiger partial charge in [-0.3, -0.25) is 10.1 Å². The van der Waals surface area contributed by atoms with E-state index in [-0.39, 0.29) is 24.9 Å². The lowest BCUT2D eigenvalue weighted by molar-refractivity contribution is -0.121. The van der Waals surface area contributed by atoms with Gasteiger partial charge in [0.15, 0.2) is 5.82 Å². The van der Waals surface area contributed by atoms with Gasteiger partial charge in [0.05, 0.1) is 12.8 Å². The number of aromatic nitrogens is 3. The number of ether oxygens (including phenoxy) is 1. The third-order valence-corrected chi connectivity index (χ3v) is 2.93. The highest BCUT2D eigenvalue weighted by molar-refractivity contribution is 5.83. The maximum absolute atomic E-state index is 11.8. The van der Waals surface area contributed by atoms with Crippen molar-refractivity contribution in [2.75, 3.05) is 18.5 Å². The number of hydrogen-bond acceptors (Lipinski definition) is 5. The third-order valence-electron chi connectivity index (χ3n) is 2.93. The van der Waals surface area contributed by atoms with Crippen molar-refractivity contribution in [2.45, 2.75) is 19.9 Å². The molecule has 1 aromatic carbocycles. The zero-order chi connectivity index (χ0) is 16.5. The summed E-state index contributed by atoms with van der Waals surface area (Å²) in [5.41, 5.74) is 1.16. The molecule has 8 nitrogen and oxygen atoms in total. The Kier molecular flexibility index (Phi) is 6.10. The van der Waals surface area contributed by atoms with Crippen molar-refractivity contribution in [1.29, 1.82) is 0 Å². The number of anilines is 1. The molecule has 2 rings (SSSR count). The summed E-state index contributed by atoms with van der Waals surface area (Å²) in [6.07, 6.45) is 1.62. The predicted molar refractivity (Wildman–Crippen MR) is 83.8 cm³/mol. The summed E-state index contributed by atoms with van der Waals surface area (Å²) in [7, 11) is 0. The topological polar surface area (TPSA) is 98.1 Å². The molecule has 1 aromatic heterocycles. The fourth-order valence-electron chi connectivity index (χ4n) is 1.90. The Morgan fingerprint density at radius 1 is 1.26 bits per heavy atom. The van der Waals surface area contributed by atoms with Crippen molar-refractivity contribution < 1.29 is 14.3 Å². The number of benzene rings is 1. The van der Waals surface area contributed by atoms with Crippen LogP contribution in [0.2, 0.25) is 0 Å². The SMILES string of the molecule is CCOC(=O)Nc1cn(CC(=O)NCCc2ccccc2)nn1. The minimum absolute atomic E-state index is 0.0340. The van der Waals surface area contributed by atoms with E-state index in [9.17, 15) is 9.59 Å². The number of nitrogens with one attached hydrogen (secondary N) is 2. The van der Waals surface area contributed by atoms with Gasteiger partial charge in [0, 0.05) is 6.54 Å². The molecule has 2 amide bonds. The van der Waals surface area contributed by atoms with Gasteiger partial charge in [0.2, 0.25) is 5.91 Å². The summed E-state index contributed by atoms with van der Waals surface area (Å²) in [6, 6.07) is 9.90. The van der Waals surface area contributed by atoms with Crippen LogP contribution in [-0.2, 0) is 22.5 Å². The monoisotopic (exact) mass is 317 g/mol. The van der Waals surface area contributed by atoms with Crippen molar-refractivity contribution in [3.05, 3.63) is 42.1 Å². The van der Waals surface area contributed by atoms with Gasteiger partial charge in [-0.25, -0.2) is 9.48 Å². The molecule has 0 unspecified atom stereocenters. The molecule has 0 atom stereocenters. The molecule has 0 radical (unpaired) electrons. The van der Waals surface area contributed by atoms with E-state index in [2.05, 4.69) is 20.9 Å². The Morgan fingerprint density at radius 2 is 2.04 bits per heavy atom. The number of carbonyl (C=O) groups excluding carboxylic acids is 2. The second kappa shape index (κ2) is 8.52. The van der Waals surface area contributed by atoms with Crippen LogP contribution < -0.4 is 10.6 Å². The van der Waals surface area contributed by atoms with Crippen molar-refractivity contribution in [3.63, 3.8) is 0 Å². The molecule has 122 valence electrons. The van der Waals surface area contributed by atoms with E-state index < -0.39 is 6.09 Å². The fraction of sp³-hybridized carbons (Fsp3) is 0.333. The van der Waals surface area contributed by atoms with E-state index in [1.54, 1.807) is 6.92 Å². The standard InChI is InChI=1S/C15H19N5O3/c1-2-23-15(22)17-13-10-20(19-18-13)11-14(21)16-9-8-12-6-4-3-5-7-12/h3-7,10H,2,8-9,11H2,1H3,(H,16,21)(H,17,22). The van der Waals surface area contributed by atoms with Crippen LogP contribution in [0.15, 0.2) is 36.5 Å². The van der Waals surface area contributed by atoms with Gasteiger partial charge in [-0.1, -0.05) is 35.5 Å². The van der Waals surface area contributed by atoms with Gasteiger partial charge in [-0.05, 0) is 18.9 Å². The molecule has 0 aliphatic heterocycles. The molecule has 0 saturated carbocycles. The molecule has 0 fully saturated rings. The zero-order valence-corrected chi connectivity index (χ0v) is 12.9. The molecule has 0 spiro atoms. The van der Waals surface area contributed by atoms with Crippen LogP contribution in [-0.4, -0.2) is 40.1 Å². The van der Waals surface area contributed by atoms with E-state index in [0.29, 0.717) is 6.54 Å². The molecular formula is C15H19N5O3. The fourth-order valence-corrected chi connectivity index (χ4v) is 1.90. The normalized spacial score (nSPS) is 10.1. The first-order valence-electron chi connectivity index (χ1n) is 7.32. The van der Waals surface area contributed by atoms with Crippen LogP contribution in [0, 0.1) is 0 Å². The first-order valence-corrected chi connectivity index (χ1v) is 7.32. The van der Waals surface area contributed by atoms with Crippen LogP contribution in [0.4, 0.5) is 10.6 Å². The highest BCUT2D eigenvalue weighted by Crippen LogP contribution is 2.01. The first kappa shape index (κ1) is 16.5. The van der Waals surface area contributed by atoms with Gasteiger partial charge >= 0.3 is 6.09 Å². The van der Waals surface area contributed by atoms with Crippen molar-refractivity contribution in [3.8, 4) is 0 Å². The minimum atomic E-state index is -0.605. The molecule has 1 heterocycles. The molecule has 0 saturated heterocycles. The van der Waals surface area contributed by atoms with Crippen LogP contribution >= 0.6 is 0 Å². The van der Waals surface area contributed by atoms with Crippen molar-refractivity contribution in [2.24, 2.45) is 0 Å². The quantitative estimate of drug-likeness (QED) is 0.799. The number of amides is 2. The summed E-state index contributed by atoms with van der Waals surface area (Å²) in [4.78, 5) is 23.1. The molecule has 2 N–H and O–H groups in total. The largest absolute Gasteiger partial charge is 0.450 e. The second-order valence-electron chi connectivity index (χ2n) is 4.73. The van der Waals surface area contributed by atoms with Crippen LogP contribution in [0.1, 0.15) is 12.5 Å². The molecule has 8 heteroatoms. The van der Waals surface area contributed by atoms with Gasteiger partial charge in [-0.2, -0.15) is 0 Å². The van der Waals surface area contributed by atoms with Gasteiger partial charge in [-0.15, -0.1) is 5.10 Å². The smallest absolute Gasteiger partial charge is 0.412 e. The Bertz CT molecular complexity index is 642. The van der Waals surface area contributed by atoms with Crippen molar-refractivity contribution in [1.82, 2.24) is 20.3 Å². The van der Waals surface area contributed by atoms with Gasteiger partial charge in [0.1, 0.15) is 6.54 Å². The average molecular weight is 317 g/mol. The summed E-state index contributed by atoms with van der Waals surface area (Å²) in [5.74, 6) is 0.0639. The lowest BCUT2D eigenvalue weighted by Gasteiger charge is -2.05. The number of hydrogen-bond donors (Lipinski definition) is 2. The van der Waals surface area contributed by atoms with E-state index in [1.807, 2.05) is 30.3 Å². The summed E-state index contributed by atoms with van der Waals surface area (Å²) < 4.78 is 6.07. The predicted octanol–water partition coefficient (Wildman–Crippen LogP) is 1.21. The maximum Gasteiger partial charge on any atom is 0.412 e. The van der Waals surface area contributed by atoms with E-state index in [4.69, 9.17) is 4.74 Å². The first-order chi connectivity index (χ1) is 11.2. The molecule has 2 aromatic rings. The Labute approximate surface area is 133 Å². The Hall–Kier alpha value is -2.90. The maximum atomic E-state index is 11.8. The second-order valence-corrected chi connectivity index (χ2v) is 4.73. The Balaban J connectivity index is 1.73. The van der Waals surface area contributed by atoms with E-state index in [1.165, 1.54) is 10.9 Å². The van der Waals surface area contributed by atoms with Crippen LogP contribution in [0.5, 0.6) is 0 Å². The van der Waals surface area contributed by atoms with Crippen LogP contribution in [0.25, 0.3) is 0 Å². The molecule has 0 aliphatic rings. The van der Waals surface area contributed by atoms with Crippen LogP contribution in [0.3, 0.4) is 0 Å². The van der Waals surface area contributed by atoms with E-state index in [0.717, 1.165) is 12.0 Å². The highest BCUT2D eigenvalue weighted by atomic mass is 16.5. The average Bonchev–Trinajstić information content (AvgIpc) is 2.95. The molecular weight excluding hydrogens is 298 g/mol. The van der Waals surface area contributed by atoms with Gasteiger partial charge < -0.3 is 10.1 Å². The molecule has 23 heavy (non-hydrogen) atoms. The number of carbonyl (C=O) groups is 2. The van der Waals surface area contributed by atoms with Crippen molar-refractivity contribution >= 4 is 17.8 Å². The summed E-state index contributed by atoms with van der Waals surface area (Å²) >= 11 is 0. The lowest BCUT2D eigenvalue weighted by atomic mass is 10.1. The summed E-state index contributed by atoms with van der Waals surface area (Å²) in [5, 5.41) is 12.7. The zero-order valence-electron chi connectivity index (χ0n) is 12.9. The molecule has 0 bridgehead atoms. The highest BCUT2D eigenvalue weighted by Gasteiger charge is 2.08. The van der Waals surface area contributed by atoms with Gasteiger partial charge in [0.25, 0.3) is 0 Å². The lowest BCUT2D eigenvalue weighted by Crippen LogP contribution is -2.29. The number of rotatable bonds is 7. The molecule has 0 aliphatic carbocycles.